The minimum atomic E-state index is -0.183. The first kappa shape index (κ1) is 13.6. The first-order valence-electron chi connectivity index (χ1n) is 6.07. The molecule has 0 aliphatic rings. The second-order valence-corrected chi connectivity index (χ2v) is 5.06. The molecule has 1 amide bonds. The monoisotopic (exact) mass is 276 g/mol. The molecule has 0 fully saturated rings. The molecule has 1 unspecified atom stereocenters. The lowest BCUT2D eigenvalue weighted by molar-refractivity contribution is 0.0934. The van der Waals surface area contributed by atoms with Gasteiger partial charge in [0.25, 0.3) is 5.91 Å². The van der Waals surface area contributed by atoms with Gasteiger partial charge in [-0.1, -0.05) is 6.07 Å². The average Bonchev–Trinajstić information content (AvgIpc) is 2.89. The fourth-order valence-corrected chi connectivity index (χ4v) is 2.42. The van der Waals surface area contributed by atoms with Gasteiger partial charge in [0.05, 0.1) is 16.7 Å². The molecule has 0 saturated heterocycles. The van der Waals surface area contributed by atoms with Crippen LogP contribution in [0.5, 0.6) is 0 Å². The molecule has 0 bridgehead atoms. The van der Waals surface area contributed by atoms with E-state index < -0.39 is 0 Å². The van der Waals surface area contributed by atoms with Gasteiger partial charge in [-0.3, -0.25) is 9.78 Å². The Balaban J connectivity index is 2.00. The Bertz CT molecular complexity index is 541. The number of rotatable bonds is 5. The van der Waals surface area contributed by atoms with E-state index in [1.54, 1.807) is 11.6 Å². The van der Waals surface area contributed by atoms with Crippen molar-refractivity contribution < 1.29 is 4.79 Å². The number of thiazole rings is 1. The van der Waals surface area contributed by atoms with Crippen LogP contribution in [0.2, 0.25) is 0 Å². The van der Waals surface area contributed by atoms with Gasteiger partial charge in [0.2, 0.25) is 0 Å². The number of pyridine rings is 1. The summed E-state index contributed by atoms with van der Waals surface area (Å²) in [6.45, 7) is 2.44. The molecule has 6 heteroatoms. The Morgan fingerprint density at radius 1 is 1.53 bits per heavy atom. The lowest BCUT2D eigenvalue weighted by atomic mass is 10.2. The Hall–Kier alpha value is -1.79. The van der Waals surface area contributed by atoms with Crippen LogP contribution in [-0.4, -0.2) is 22.4 Å². The summed E-state index contributed by atoms with van der Waals surface area (Å²) in [4.78, 5) is 20.5. The highest BCUT2D eigenvalue weighted by Crippen LogP contribution is 2.13. The molecule has 0 saturated carbocycles. The molecule has 100 valence electrons. The minimum absolute atomic E-state index is 0.145. The fraction of sp³-hybridized carbons (Fsp3) is 0.308. The summed E-state index contributed by atoms with van der Waals surface area (Å²) >= 11 is 1.46. The number of aromatic nitrogens is 2. The third kappa shape index (κ3) is 3.59. The van der Waals surface area contributed by atoms with Gasteiger partial charge in [-0.05, 0) is 25.6 Å². The molecule has 2 heterocycles. The second-order valence-electron chi connectivity index (χ2n) is 4.11. The van der Waals surface area contributed by atoms with E-state index in [4.69, 9.17) is 5.73 Å². The van der Waals surface area contributed by atoms with Gasteiger partial charge in [0.1, 0.15) is 5.69 Å². The molecule has 2 rings (SSSR count). The normalized spacial score (nSPS) is 12.1. The summed E-state index contributed by atoms with van der Waals surface area (Å²) in [5.74, 6) is -0.183. The van der Waals surface area contributed by atoms with E-state index in [-0.39, 0.29) is 11.9 Å². The van der Waals surface area contributed by atoms with Gasteiger partial charge in [0, 0.05) is 18.0 Å². The SMILES string of the molecule is CC(NC(=O)c1csc(CCN)n1)c1ccccn1. The van der Waals surface area contributed by atoms with E-state index in [9.17, 15) is 4.79 Å². The smallest absolute Gasteiger partial charge is 0.271 e. The number of nitrogens with one attached hydrogen (secondary N) is 1. The third-order valence-corrected chi connectivity index (χ3v) is 3.53. The van der Waals surface area contributed by atoms with Crippen molar-refractivity contribution in [3.63, 3.8) is 0 Å². The summed E-state index contributed by atoms with van der Waals surface area (Å²) < 4.78 is 0. The first-order chi connectivity index (χ1) is 9.20. The van der Waals surface area contributed by atoms with Crippen LogP contribution in [0.25, 0.3) is 0 Å². The third-order valence-electron chi connectivity index (χ3n) is 2.62. The maximum Gasteiger partial charge on any atom is 0.271 e. The lowest BCUT2D eigenvalue weighted by Crippen LogP contribution is -2.27. The van der Waals surface area contributed by atoms with E-state index in [1.165, 1.54) is 11.3 Å². The van der Waals surface area contributed by atoms with Crippen molar-refractivity contribution in [2.24, 2.45) is 5.73 Å². The Morgan fingerprint density at radius 2 is 2.37 bits per heavy atom. The van der Waals surface area contributed by atoms with Crippen molar-refractivity contribution in [1.82, 2.24) is 15.3 Å². The molecule has 5 nitrogen and oxygen atoms in total. The van der Waals surface area contributed by atoms with Gasteiger partial charge < -0.3 is 11.1 Å². The summed E-state index contributed by atoms with van der Waals surface area (Å²) in [5, 5.41) is 5.52. The number of hydrogen-bond donors (Lipinski definition) is 2. The van der Waals surface area contributed by atoms with Crippen LogP contribution in [0, 0.1) is 0 Å². The minimum Gasteiger partial charge on any atom is -0.343 e. The van der Waals surface area contributed by atoms with Crippen LogP contribution in [0.1, 0.15) is 34.2 Å². The predicted octanol–water partition coefficient (Wildman–Crippen LogP) is 1.53. The van der Waals surface area contributed by atoms with Gasteiger partial charge in [-0.2, -0.15) is 0 Å². The Morgan fingerprint density at radius 3 is 3.05 bits per heavy atom. The summed E-state index contributed by atoms with van der Waals surface area (Å²) in [5.41, 5.74) is 6.73. The summed E-state index contributed by atoms with van der Waals surface area (Å²) in [7, 11) is 0. The van der Waals surface area contributed by atoms with Crippen molar-refractivity contribution >= 4 is 17.2 Å². The quantitative estimate of drug-likeness (QED) is 0.867. The van der Waals surface area contributed by atoms with Gasteiger partial charge in [-0.15, -0.1) is 11.3 Å². The molecule has 0 radical (unpaired) electrons. The van der Waals surface area contributed by atoms with Crippen LogP contribution >= 0.6 is 11.3 Å². The molecule has 3 N–H and O–H groups in total. The largest absolute Gasteiger partial charge is 0.343 e. The van der Waals surface area contributed by atoms with E-state index >= 15 is 0 Å². The zero-order valence-electron chi connectivity index (χ0n) is 10.7. The molecule has 0 aromatic carbocycles. The number of nitrogens with two attached hydrogens (primary N) is 1. The van der Waals surface area contributed by atoms with E-state index in [1.807, 2.05) is 25.1 Å². The molecule has 0 aliphatic heterocycles. The average molecular weight is 276 g/mol. The number of carbonyl (C=O) groups excluding carboxylic acids is 1. The second kappa shape index (κ2) is 6.40. The van der Waals surface area contributed by atoms with Gasteiger partial charge in [0.15, 0.2) is 0 Å². The maximum absolute atomic E-state index is 12.0. The Labute approximate surface area is 115 Å². The zero-order chi connectivity index (χ0) is 13.7. The summed E-state index contributed by atoms with van der Waals surface area (Å²) in [6.07, 6.45) is 2.41. The van der Waals surface area contributed by atoms with Crippen LogP contribution < -0.4 is 11.1 Å². The van der Waals surface area contributed by atoms with Gasteiger partial charge in [-0.25, -0.2) is 4.98 Å². The van der Waals surface area contributed by atoms with E-state index in [0.717, 1.165) is 10.7 Å². The molecule has 0 spiro atoms. The number of amides is 1. The number of nitrogens with zero attached hydrogens (tertiary/aromatic N) is 2. The standard InChI is InChI=1S/C13H16N4OS/c1-9(10-4-2-3-7-15-10)16-13(18)11-8-19-12(17-11)5-6-14/h2-4,7-9H,5-6,14H2,1H3,(H,16,18). The molecule has 0 aliphatic carbocycles. The molecule has 1 atom stereocenters. The van der Waals surface area contributed by atoms with E-state index in [2.05, 4.69) is 15.3 Å². The molecular weight excluding hydrogens is 260 g/mol. The van der Waals surface area contributed by atoms with Gasteiger partial charge >= 0.3 is 0 Å². The highest BCUT2D eigenvalue weighted by Gasteiger charge is 2.14. The van der Waals surface area contributed by atoms with Crippen LogP contribution in [-0.2, 0) is 6.42 Å². The van der Waals surface area contributed by atoms with Crippen molar-refractivity contribution in [2.75, 3.05) is 6.54 Å². The highest BCUT2D eigenvalue weighted by molar-refractivity contribution is 7.09. The first-order valence-corrected chi connectivity index (χ1v) is 6.95. The number of hydrogen-bond acceptors (Lipinski definition) is 5. The van der Waals surface area contributed by atoms with Crippen molar-refractivity contribution in [3.8, 4) is 0 Å². The van der Waals surface area contributed by atoms with Crippen molar-refractivity contribution in [2.45, 2.75) is 19.4 Å². The Kier molecular flexibility index (Phi) is 4.59. The maximum atomic E-state index is 12.0. The molecule has 19 heavy (non-hydrogen) atoms. The topological polar surface area (TPSA) is 80.9 Å². The van der Waals surface area contributed by atoms with Crippen LogP contribution in [0.15, 0.2) is 29.8 Å². The highest BCUT2D eigenvalue weighted by atomic mass is 32.1. The van der Waals surface area contributed by atoms with Crippen LogP contribution in [0.4, 0.5) is 0 Å². The fourth-order valence-electron chi connectivity index (χ4n) is 1.63. The van der Waals surface area contributed by atoms with Crippen molar-refractivity contribution in [3.05, 3.63) is 46.2 Å². The predicted molar refractivity (Wildman–Crippen MR) is 75.0 cm³/mol. The van der Waals surface area contributed by atoms with Crippen molar-refractivity contribution in [1.29, 1.82) is 0 Å². The van der Waals surface area contributed by atoms with Crippen LogP contribution in [0.3, 0.4) is 0 Å². The lowest BCUT2D eigenvalue weighted by Gasteiger charge is -2.11. The van der Waals surface area contributed by atoms with E-state index in [0.29, 0.717) is 18.7 Å². The zero-order valence-corrected chi connectivity index (χ0v) is 11.5. The number of carbonyl (C=O) groups is 1. The molecule has 2 aromatic rings. The molecule has 2 aromatic heterocycles. The summed E-state index contributed by atoms with van der Waals surface area (Å²) in [6, 6.07) is 5.48. The molecular formula is C13H16N4OS.